The van der Waals surface area contributed by atoms with Crippen molar-refractivity contribution in [1.82, 2.24) is 4.98 Å². The van der Waals surface area contributed by atoms with Crippen LogP contribution in [0.5, 0.6) is 0 Å². The fourth-order valence-corrected chi connectivity index (χ4v) is 3.52. The highest BCUT2D eigenvalue weighted by Crippen LogP contribution is 2.25. The van der Waals surface area contributed by atoms with Gasteiger partial charge >= 0.3 is 0 Å². The molecule has 7 heteroatoms. The van der Waals surface area contributed by atoms with Gasteiger partial charge in [0.1, 0.15) is 10.7 Å². The number of rotatable bonds is 3. The highest BCUT2D eigenvalue weighted by molar-refractivity contribution is 9.10. The maximum Gasteiger partial charge on any atom is 0.264 e. The molecule has 0 saturated heterocycles. The van der Waals surface area contributed by atoms with E-state index >= 15 is 0 Å². The lowest BCUT2D eigenvalue weighted by atomic mass is 10.3. The van der Waals surface area contributed by atoms with E-state index in [4.69, 9.17) is 5.73 Å². The van der Waals surface area contributed by atoms with E-state index in [0.29, 0.717) is 10.2 Å². The average molecular weight is 342 g/mol. The number of hydrogen-bond donors (Lipinski definition) is 2. The van der Waals surface area contributed by atoms with Gasteiger partial charge in [0.2, 0.25) is 0 Å². The first-order chi connectivity index (χ1) is 8.88. The Kier molecular flexibility index (Phi) is 3.77. The number of anilines is 2. The van der Waals surface area contributed by atoms with Crippen LogP contribution in [-0.4, -0.2) is 13.4 Å². The molecule has 0 aliphatic rings. The Labute approximate surface area is 120 Å². The molecular weight excluding hydrogens is 330 g/mol. The topological polar surface area (TPSA) is 85.1 Å². The number of pyridine rings is 1. The minimum absolute atomic E-state index is 0.0795. The number of halogens is 1. The van der Waals surface area contributed by atoms with E-state index in [-0.39, 0.29) is 10.7 Å². The van der Waals surface area contributed by atoms with Crippen molar-refractivity contribution in [2.24, 2.45) is 0 Å². The monoisotopic (exact) mass is 341 g/mol. The van der Waals surface area contributed by atoms with Gasteiger partial charge in [-0.05, 0) is 53.2 Å². The predicted octanol–water partition coefficient (Wildman–Crippen LogP) is 2.54. The number of benzene rings is 1. The lowest BCUT2D eigenvalue weighted by molar-refractivity contribution is 0.600. The van der Waals surface area contributed by atoms with Crippen LogP contribution in [0.4, 0.5) is 11.5 Å². The first-order valence-corrected chi connectivity index (χ1v) is 7.67. The summed E-state index contributed by atoms with van der Waals surface area (Å²) in [6.45, 7) is 1.79. The lowest BCUT2D eigenvalue weighted by Crippen LogP contribution is -2.15. The minimum atomic E-state index is -3.72. The number of aryl methyl sites for hydroxylation is 1. The molecule has 5 nitrogen and oxygen atoms in total. The molecule has 0 radical (unpaired) electrons. The van der Waals surface area contributed by atoms with Gasteiger partial charge in [0, 0.05) is 15.9 Å². The van der Waals surface area contributed by atoms with E-state index < -0.39 is 10.0 Å². The first kappa shape index (κ1) is 13.8. The number of hydrogen-bond acceptors (Lipinski definition) is 4. The van der Waals surface area contributed by atoms with Crippen molar-refractivity contribution < 1.29 is 8.42 Å². The second-order valence-electron chi connectivity index (χ2n) is 3.96. The largest absolute Gasteiger partial charge is 0.399 e. The minimum Gasteiger partial charge on any atom is -0.399 e. The number of nitrogens with two attached hydrogens (primary N) is 1. The molecular formula is C12H12BrN3O2S. The summed E-state index contributed by atoms with van der Waals surface area (Å²) in [5.41, 5.74) is 6.72. The van der Waals surface area contributed by atoms with Crippen LogP contribution in [0, 0.1) is 6.92 Å². The molecule has 0 unspecified atom stereocenters. The normalized spacial score (nSPS) is 11.3. The molecule has 0 bridgehead atoms. The van der Waals surface area contributed by atoms with E-state index in [1.54, 1.807) is 37.3 Å². The fraction of sp³-hybridized carbons (Fsp3) is 0.0833. The van der Waals surface area contributed by atoms with Gasteiger partial charge < -0.3 is 5.73 Å². The maximum atomic E-state index is 12.2. The summed E-state index contributed by atoms with van der Waals surface area (Å²) >= 11 is 3.20. The average Bonchev–Trinajstić information content (AvgIpc) is 2.31. The van der Waals surface area contributed by atoms with Crippen LogP contribution in [-0.2, 0) is 10.0 Å². The summed E-state index contributed by atoms with van der Waals surface area (Å²) in [6.07, 6.45) is 0. The summed E-state index contributed by atoms with van der Waals surface area (Å²) in [5.74, 6) is 0.273. The number of sulfonamides is 1. The Morgan fingerprint density at radius 2 is 2.00 bits per heavy atom. The Hall–Kier alpha value is -1.60. The summed E-state index contributed by atoms with van der Waals surface area (Å²) < 4.78 is 27.4. The Bertz CT molecular complexity index is 717. The molecule has 100 valence electrons. The van der Waals surface area contributed by atoms with Crippen LogP contribution in [0.2, 0.25) is 0 Å². The Morgan fingerprint density at radius 1 is 1.26 bits per heavy atom. The van der Waals surface area contributed by atoms with Crippen molar-refractivity contribution in [2.75, 3.05) is 10.5 Å². The Balaban J connectivity index is 2.40. The quantitative estimate of drug-likeness (QED) is 0.840. The molecule has 0 aliphatic heterocycles. The van der Waals surface area contributed by atoms with E-state index in [1.807, 2.05) is 0 Å². The van der Waals surface area contributed by atoms with Gasteiger partial charge in [-0.3, -0.25) is 4.72 Å². The highest BCUT2D eigenvalue weighted by Gasteiger charge is 2.18. The van der Waals surface area contributed by atoms with E-state index in [9.17, 15) is 8.42 Å². The number of aromatic nitrogens is 1. The van der Waals surface area contributed by atoms with Crippen LogP contribution in [0.1, 0.15) is 5.69 Å². The molecule has 0 saturated carbocycles. The van der Waals surface area contributed by atoms with E-state index in [2.05, 4.69) is 25.6 Å². The van der Waals surface area contributed by atoms with Crippen LogP contribution >= 0.6 is 15.9 Å². The molecule has 2 aromatic rings. The standard InChI is InChI=1S/C12H12BrN3O2S/c1-8-3-2-4-12(15-8)16-19(17,18)11-7-9(14)5-6-10(11)13/h2-7H,14H2,1H3,(H,15,16). The third-order valence-corrected chi connectivity index (χ3v) is 4.72. The molecule has 0 aliphatic carbocycles. The van der Waals surface area contributed by atoms with Crippen molar-refractivity contribution in [3.63, 3.8) is 0 Å². The van der Waals surface area contributed by atoms with Crippen molar-refractivity contribution in [1.29, 1.82) is 0 Å². The molecule has 0 fully saturated rings. The van der Waals surface area contributed by atoms with Crippen molar-refractivity contribution in [3.05, 3.63) is 46.6 Å². The zero-order valence-electron chi connectivity index (χ0n) is 10.1. The highest BCUT2D eigenvalue weighted by atomic mass is 79.9. The summed E-state index contributed by atoms with van der Waals surface area (Å²) in [5, 5.41) is 0. The smallest absolute Gasteiger partial charge is 0.264 e. The van der Waals surface area contributed by atoms with E-state index in [0.717, 1.165) is 5.69 Å². The summed E-state index contributed by atoms with van der Waals surface area (Å²) in [7, 11) is -3.72. The molecule has 0 atom stereocenters. The number of nitrogens with zero attached hydrogens (tertiary/aromatic N) is 1. The van der Waals surface area contributed by atoms with Crippen molar-refractivity contribution in [3.8, 4) is 0 Å². The van der Waals surface area contributed by atoms with Crippen LogP contribution < -0.4 is 10.5 Å². The van der Waals surface area contributed by atoms with Gasteiger partial charge in [0.15, 0.2) is 0 Å². The second-order valence-corrected chi connectivity index (χ2v) is 6.46. The molecule has 1 aromatic heterocycles. The van der Waals surface area contributed by atoms with Crippen LogP contribution in [0.25, 0.3) is 0 Å². The van der Waals surface area contributed by atoms with Crippen LogP contribution in [0.3, 0.4) is 0 Å². The lowest BCUT2D eigenvalue weighted by Gasteiger charge is -2.10. The third-order valence-electron chi connectivity index (χ3n) is 2.37. The molecule has 0 amide bonds. The van der Waals surface area contributed by atoms with Crippen molar-refractivity contribution >= 4 is 37.5 Å². The molecule has 19 heavy (non-hydrogen) atoms. The molecule has 1 heterocycles. The maximum absolute atomic E-state index is 12.2. The van der Waals surface area contributed by atoms with Crippen LogP contribution in [0.15, 0.2) is 45.8 Å². The van der Waals surface area contributed by atoms with Gasteiger partial charge in [0.25, 0.3) is 10.0 Å². The third kappa shape index (κ3) is 3.24. The van der Waals surface area contributed by atoms with E-state index in [1.165, 1.54) is 6.07 Å². The van der Waals surface area contributed by atoms with Gasteiger partial charge in [-0.25, -0.2) is 13.4 Å². The van der Waals surface area contributed by atoms with Gasteiger partial charge in [-0.15, -0.1) is 0 Å². The molecule has 2 rings (SSSR count). The Morgan fingerprint density at radius 3 is 2.68 bits per heavy atom. The predicted molar refractivity (Wildman–Crippen MR) is 78.3 cm³/mol. The first-order valence-electron chi connectivity index (χ1n) is 5.40. The van der Waals surface area contributed by atoms with Gasteiger partial charge in [0.05, 0.1) is 0 Å². The molecule has 3 N–H and O–H groups in total. The van der Waals surface area contributed by atoms with Gasteiger partial charge in [-0.1, -0.05) is 6.07 Å². The molecule has 0 spiro atoms. The zero-order valence-corrected chi connectivity index (χ0v) is 12.5. The fourth-order valence-electron chi connectivity index (χ4n) is 1.52. The zero-order chi connectivity index (χ0) is 14.0. The summed E-state index contributed by atoms with van der Waals surface area (Å²) in [4.78, 5) is 4.18. The number of nitrogen functional groups attached to an aromatic ring is 1. The summed E-state index contributed by atoms with van der Waals surface area (Å²) in [6, 6.07) is 9.71. The molecule has 1 aromatic carbocycles. The second kappa shape index (κ2) is 5.18. The van der Waals surface area contributed by atoms with Crippen molar-refractivity contribution in [2.45, 2.75) is 11.8 Å². The SMILES string of the molecule is Cc1cccc(NS(=O)(=O)c2cc(N)ccc2Br)n1. The van der Waals surface area contributed by atoms with Gasteiger partial charge in [-0.2, -0.15) is 0 Å². The number of nitrogens with one attached hydrogen (secondary N) is 1.